The number of H-pyrrole nitrogens is 1. The number of imidazole rings is 1. The lowest BCUT2D eigenvalue weighted by Crippen LogP contribution is -2.27. The Kier molecular flexibility index (Phi) is 6.91. The highest BCUT2D eigenvalue weighted by Crippen LogP contribution is 2.34. The van der Waals surface area contributed by atoms with E-state index in [-0.39, 0.29) is 23.0 Å². The van der Waals surface area contributed by atoms with Gasteiger partial charge in [-0.2, -0.15) is 5.10 Å². The molecule has 1 saturated heterocycles. The molecule has 1 aliphatic heterocycles. The average molecular weight is 496 g/mol. The molecule has 1 aromatic carbocycles. The Morgan fingerprint density at radius 3 is 2.71 bits per heavy atom. The van der Waals surface area contributed by atoms with Crippen LogP contribution < -0.4 is 0 Å². The van der Waals surface area contributed by atoms with Crippen LogP contribution in [0.15, 0.2) is 24.8 Å². The second kappa shape index (κ2) is 9.61. The SMILES string of the molecule is C=CC(=O)N1CCC(CC(=O)c2c(C)nc(CCc3[nH]nc4cc(Cl)c(C(C)(C)C)cc34)n2C)C1. The zero-order chi connectivity index (χ0) is 25.5. The molecule has 1 unspecified atom stereocenters. The number of nitrogens with one attached hydrogen (secondary N) is 1. The largest absolute Gasteiger partial charge is 0.339 e. The lowest BCUT2D eigenvalue weighted by molar-refractivity contribution is -0.125. The van der Waals surface area contributed by atoms with Gasteiger partial charge in [-0.1, -0.05) is 39.0 Å². The van der Waals surface area contributed by atoms with Gasteiger partial charge in [0.2, 0.25) is 5.91 Å². The van der Waals surface area contributed by atoms with E-state index in [0.29, 0.717) is 31.6 Å². The zero-order valence-corrected chi connectivity index (χ0v) is 22.0. The highest BCUT2D eigenvalue weighted by atomic mass is 35.5. The Hall–Kier alpha value is -2.93. The van der Waals surface area contributed by atoms with Crippen LogP contribution in [0.4, 0.5) is 0 Å². The van der Waals surface area contributed by atoms with Crippen molar-refractivity contribution in [3.63, 3.8) is 0 Å². The number of aromatic nitrogens is 4. The van der Waals surface area contributed by atoms with Gasteiger partial charge in [0.25, 0.3) is 0 Å². The summed E-state index contributed by atoms with van der Waals surface area (Å²) in [6.07, 6.45) is 4.00. The van der Waals surface area contributed by atoms with Gasteiger partial charge in [-0.15, -0.1) is 0 Å². The van der Waals surface area contributed by atoms with Crippen LogP contribution in [-0.4, -0.2) is 49.4 Å². The molecule has 1 amide bonds. The summed E-state index contributed by atoms with van der Waals surface area (Å²) in [4.78, 5) is 31.5. The predicted molar refractivity (Wildman–Crippen MR) is 139 cm³/mol. The first-order chi connectivity index (χ1) is 16.5. The lowest BCUT2D eigenvalue weighted by Gasteiger charge is -2.20. The maximum Gasteiger partial charge on any atom is 0.245 e. The summed E-state index contributed by atoms with van der Waals surface area (Å²) >= 11 is 6.51. The molecule has 2 aromatic heterocycles. The number of halogens is 1. The number of amides is 1. The molecular formula is C27H34ClN5O2. The molecule has 8 heteroatoms. The molecule has 0 radical (unpaired) electrons. The first kappa shape index (κ1) is 25.2. The lowest BCUT2D eigenvalue weighted by atomic mass is 9.86. The Labute approximate surface area is 211 Å². The van der Waals surface area contributed by atoms with E-state index in [1.807, 2.05) is 24.6 Å². The van der Waals surface area contributed by atoms with E-state index in [2.05, 4.69) is 43.6 Å². The van der Waals surface area contributed by atoms with E-state index < -0.39 is 0 Å². The fraction of sp³-hybridized carbons (Fsp3) is 0.481. The van der Waals surface area contributed by atoms with Crippen LogP contribution in [0.3, 0.4) is 0 Å². The molecule has 1 N–H and O–H groups in total. The van der Waals surface area contributed by atoms with Gasteiger partial charge in [-0.05, 0) is 54.9 Å². The molecule has 0 aliphatic carbocycles. The normalized spacial score (nSPS) is 16.3. The maximum absolute atomic E-state index is 13.2. The quantitative estimate of drug-likeness (QED) is 0.371. The molecule has 3 aromatic rings. The number of hydrogen-bond donors (Lipinski definition) is 1. The topological polar surface area (TPSA) is 83.9 Å². The van der Waals surface area contributed by atoms with Gasteiger partial charge in [0.15, 0.2) is 5.78 Å². The summed E-state index contributed by atoms with van der Waals surface area (Å²) in [7, 11) is 1.91. The smallest absolute Gasteiger partial charge is 0.245 e. The number of fused-ring (bicyclic) bond motifs is 1. The summed E-state index contributed by atoms with van der Waals surface area (Å²) in [5, 5.41) is 9.41. The molecule has 35 heavy (non-hydrogen) atoms. The Morgan fingerprint density at radius 2 is 2.03 bits per heavy atom. The molecule has 186 valence electrons. The summed E-state index contributed by atoms with van der Waals surface area (Å²) in [5.41, 5.74) is 4.32. The van der Waals surface area contributed by atoms with Crippen molar-refractivity contribution in [3.05, 3.63) is 58.3 Å². The summed E-state index contributed by atoms with van der Waals surface area (Å²) in [5.74, 6) is 1.05. The molecule has 0 spiro atoms. The number of Topliss-reactive ketones (excluding diaryl/α,β-unsaturated/α-hetero) is 1. The van der Waals surface area contributed by atoms with Crippen molar-refractivity contribution in [3.8, 4) is 0 Å². The minimum atomic E-state index is -0.0683. The number of nitrogens with zero attached hydrogens (tertiary/aromatic N) is 4. The Bertz CT molecular complexity index is 1300. The van der Waals surface area contributed by atoms with Crippen LogP contribution in [0.5, 0.6) is 0 Å². The molecule has 7 nitrogen and oxygen atoms in total. The van der Waals surface area contributed by atoms with Crippen molar-refractivity contribution in [2.75, 3.05) is 13.1 Å². The monoisotopic (exact) mass is 495 g/mol. The van der Waals surface area contributed by atoms with Gasteiger partial charge in [-0.25, -0.2) is 4.98 Å². The first-order valence-corrected chi connectivity index (χ1v) is 12.5. The summed E-state index contributed by atoms with van der Waals surface area (Å²) in [6, 6.07) is 4.06. The fourth-order valence-electron chi connectivity index (χ4n) is 5.08. The van der Waals surface area contributed by atoms with Gasteiger partial charge in [0.05, 0.1) is 11.2 Å². The van der Waals surface area contributed by atoms with Crippen molar-refractivity contribution < 1.29 is 9.59 Å². The molecule has 1 fully saturated rings. The molecule has 1 atom stereocenters. The van der Waals surface area contributed by atoms with Gasteiger partial charge in [-0.3, -0.25) is 14.7 Å². The highest BCUT2D eigenvalue weighted by molar-refractivity contribution is 6.32. The average Bonchev–Trinajstić information content (AvgIpc) is 3.48. The van der Waals surface area contributed by atoms with Gasteiger partial charge < -0.3 is 9.47 Å². The van der Waals surface area contributed by atoms with Gasteiger partial charge >= 0.3 is 0 Å². The van der Waals surface area contributed by atoms with Crippen LogP contribution in [0, 0.1) is 12.8 Å². The molecule has 1 aliphatic rings. The number of benzene rings is 1. The van der Waals surface area contributed by atoms with E-state index in [9.17, 15) is 9.59 Å². The molecule has 0 saturated carbocycles. The molecule has 3 heterocycles. The second-order valence-electron chi connectivity index (χ2n) is 10.6. The van der Waals surface area contributed by atoms with Crippen molar-refractivity contribution in [2.45, 2.75) is 58.8 Å². The van der Waals surface area contributed by atoms with E-state index in [0.717, 1.165) is 51.5 Å². The predicted octanol–water partition coefficient (Wildman–Crippen LogP) is 4.95. The number of carbonyl (C=O) groups is 2. The van der Waals surface area contributed by atoms with Crippen molar-refractivity contribution in [1.82, 2.24) is 24.6 Å². The number of ketones is 1. The Balaban J connectivity index is 1.48. The first-order valence-electron chi connectivity index (χ1n) is 12.1. The third-order valence-corrected chi connectivity index (χ3v) is 7.31. The van der Waals surface area contributed by atoms with Crippen molar-refractivity contribution in [2.24, 2.45) is 13.0 Å². The number of aryl methyl sites for hydroxylation is 3. The van der Waals surface area contributed by atoms with Crippen LogP contribution in [-0.2, 0) is 30.1 Å². The van der Waals surface area contributed by atoms with E-state index in [4.69, 9.17) is 16.6 Å². The minimum Gasteiger partial charge on any atom is -0.339 e. The maximum atomic E-state index is 13.2. The zero-order valence-electron chi connectivity index (χ0n) is 21.2. The second-order valence-corrected chi connectivity index (χ2v) is 11.0. The van der Waals surface area contributed by atoms with Crippen molar-refractivity contribution in [1.29, 1.82) is 0 Å². The van der Waals surface area contributed by atoms with E-state index >= 15 is 0 Å². The molecular weight excluding hydrogens is 462 g/mol. The van der Waals surface area contributed by atoms with Crippen molar-refractivity contribution >= 4 is 34.2 Å². The number of hydrogen-bond acceptors (Lipinski definition) is 4. The minimum absolute atomic E-state index is 0.0674. The molecule has 0 bridgehead atoms. The van der Waals surface area contributed by atoms with Gasteiger partial charge in [0.1, 0.15) is 11.5 Å². The third kappa shape index (κ3) is 5.06. The van der Waals surface area contributed by atoms with E-state index in [1.54, 1.807) is 4.90 Å². The third-order valence-electron chi connectivity index (χ3n) is 7.00. The fourth-order valence-corrected chi connectivity index (χ4v) is 5.52. The van der Waals surface area contributed by atoms with E-state index in [1.165, 1.54) is 6.08 Å². The van der Waals surface area contributed by atoms with Gasteiger partial charge in [0, 0.05) is 49.1 Å². The summed E-state index contributed by atoms with van der Waals surface area (Å²) in [6.45, 7) is 13.2. The number of aromatic amines is 1. The Morgan fingerprint density at radius 1 is 1.29 bits per heavy atom. The van der Waals surface area contributed by atoms with Crippen LogP contribution >= 0.6 is 11.6 Å². The summed E-state index contributed by atoms with van der Waals surface area (Å²) < 4.78 is 1.93. The molecule has 4 rings (SSSR count). The van der Waals surface area contributed by atoms with Crippen LogP contribution in [0.25, 0.3) is 10.9 Å². The number of likely N-dealkylation sites (tertiary alicyclic amines) is 1. The number of carbonyl (C=O) groups excluding carboxylic acids is 2. The highest BCUT2D eigenvalue weighted by Gasteiger charge is 2.29. The van der Waals surface area contributed by atoms with Crippen LogP contribution in [0.1, 0.15) is 66.9 Å². The van der Waals surface area contributed by atoms with Crippen LogP contribution in [0.2, 0.25) is 5.02 Å². The standard InChI is InChI=1S/C27H34ClN5O2/c1-7-25(35)33-11-10-17(15-33)12-23(34)26-16(2)29-24(32(26)6)9-8-21-18-13-19(27(3,4)5)20(28)14-22(18)31-30-21/h7,13-14,17H,1,8-12,15H2,2-6H3,(H,30,31). The number of rotatable bonds is 7.